The molecule has 51 heavy (non-hydrogen) atoms. The van der Waals surface area contributed by atoms with Gasteiger partial charge in [0.25, 0.3) is 0 Å². The van der Waals surface area contributed by atoms with E-state index in [4.69, 9.17) is 26.2 Å². The second-order valence-corrected chi connectivity index (χ2v) is 13.5. The fourth-order valence-corrected chi connectivity index (χ4v) is 8.57. The smallest absolute Gasteiger partial charge is 0.164 e. The molecule has 0 unspecified atom stereocenters. The highest BCUT2D eigenvalue weighted by Crippen LogP contribution is 2.44. The van der Waals surface area contributed by atoms with Crippen LogP contribution in [0.4, 0.5) is 0 Å². The largest absolute Gasteiger partial charge is 0.456 e. The van der Waals surface area contributed by atoms with Gasteiger partial charge in [0.05, 0.1) is 28.3 Å². The first-order valence-corrected chi connectivity index (χ1v) is 17.4. The quantitative estimate of drug-likeness (QED) is 0.186. The molecular formula is C45H26N4OS. The van der Waals surface area contributed by atoms with E-state index in [1.54, 1.807) is 11.3 Å². The van der Waals surface area contributed by atoms with Gasteiger partial charge in [0.15, 0.2) is 17.5 Å². The third kappa shape index (κ3) is 4.30. The number of aromatic nitrogens is 4. The van der Waals surface area contributed by atoms with Crippen LogP contribution in [-0.2, 0) is 0 Å². The Morgan fingerprint density at radius 2 is 1.18 bits per heavy atom. The minimum absolute atomic E-state index is 0.0124. The molecule has 0 aliphatic rings. The van der Waals surface area contributed by atoms with Crippen molar-refractivity contribution in [3.05, 3.63) is 158 Å². The van der Waals surface area contributed by atoms with Crippen molar-refractivity contribution in [2.75, 3.05) is 0 Å². The molecule has 0 saturated carbocycles. The van der Waals surface area contributed by atoms with Crippen molar-refractivity contribution < 1.29 is 11.3 Å². The molecule has 4 aromatic heterocycles. The molecule has 0 aliphatic heterocycles. The summed E-state index contributed by atoms with van der Waals surface area (Å²) < 4.78 is 53.3. The van der Waals surface area contributed by atoms with Crippen LogP contribution in [0.5, 0.6) is 0 Å². The summed E-state index contributed by atoms with van der Waals surface area (Å²) in [7, 11) is 0. The molecule has 7 aromatic carbocycles. The zero-order valence-electron chi connectivity index (χ0n) is 31.7. The van der Waals surface area contributed by atoms with E-state index in [2.05, 4.69) is 77.4 Å². The summed E-state index contributed by atoms with van der Waals surface area (Å²) >= 11 is 1.69. The van der Waals surface area contributed by atoms with Crippen LogP contribution in [0.2, 0.25) is 0 Å². The van der Waals surface area contributed by atoms with Gasteiger partial charge >= 0.3 is 0 Å². The van der Waals surface area contributed by atoms with Gasteiger partial charge in [-0.1, -0.05) is 109 Å². The summed E-state index contributed by atoms with van der Waals surface area (Å²) in [6.07, 6.45) is 0. The van der Waals surface area contributed by atoms with Gasteiger partial charge in [0.2, 0.25) is 0 Å². The highest BCUT2D eigenvalue weighted by Gasteiger charge is 2.20. The second kappa shape index (κ2) is 10.9. The van der Waals surface area contributed by atoms with Crippen molar-refractivity contribution in [2.24, 2.45) is 0 Å². The summed E-state index contributed by atoms with van der Waals surface area (Å²) in [5.74, 6) is 0.606. The fraction of sp³-hybridized carbons (Fsp3) is 0. The number of hydrogen-bond donors (Lipinski definition) is 0. The van der Waals surface area contributed by atoms with Crippen molar-refractivity contribution in [2.45, 2.75) is 0 Å². The number of benzene rings is 7. The van der Waals surface area contributed by atoms with E-state index in [1.165, 1.54) is 10.8 Å². The lowest BCUT2D eigenvalue weighted by Gasteiger charge is -2.10. The first-order valence-electron chi connectivity index (χ1n) is 19.0. The number of thiophene rings is 1. The maximum absolute atomic E-state index is 8.84. The highest BCUT2D eigenvalue weighted by molar-refractivity contribution is 7.26. The van der Waals surface area contributed by atoms with Crippen LogP contribution in [0.3, 0.4) is 0 Å². The molecule has 0 radical (unpaired) electrons. The Kier molecular flexibility index (Phi) is 5.08. The molecule has 0 aliphatic carbocycles. The third-order valence-corrected chi connectivity index (χ3v) is 10.8. The number of rotatable bonds is 4. The molecular weight excluding hydrogens is 645 g/mol. The SMILES string of the molecule is [2H]c1c([2H])c([2H])c(-c2nc(-c3ccc4oc5ccccc5c4c3)nc(-c3cccc4sc5c(-n6c7ccccc7c7ccccc76)cccc5c34)n2)c([2H])c1[2H]. The maximum Gasteiger partial charge on any atom is 0.164 e. The second-order valence-electron chi connectivity index (χ2n) is 12.4. The van der Waals surface area contributed by atoms with E-state index < -0.39 is 18.1 Å². The lowest BCUT2D eigenvalue weighted by molar-refractivity contribution is 0.669. The van der Waals surface area contributed by atoms with Crippen molar-refractivity contribution in [1.29, 1.82) is 0 Å². The summed E-state index contributed by atoms with van der Waals surface area (Å²) in [6, 6.07) is 40.7. The molecule has 4 heterocycles. The van der Waals surface area contributed by atoms with Crippen molar-refractivity contribution in [3.63, 3.8) is 0 Å². The summed E-state index contributed by atoms with van der Waals surface area (Å²) in [5.41, 5.74) is 6.07. The summed E-state index contributed by atoms with van der Waals surface area (Å²) in [5, 5.41) is 6.17. The lowest BCUT2D eigenvalue weighted by atomic mass is 10.0. The molecule has 11 aromatic rings. The molecule has 0 saturated heterocycles. The Balaban J connectivity index is 1.19. The molecule has 0 spiro atoms. The van der Waals surface area contributed by atoms with Gasteiger partial charge in [-0.25, -0.2) is 15.0 Å². The number of hydrogen-bond acceptors (Lipinski definition) is 5. The molecule has 11 rings (SSSR count). The van der Waals surface area contributed by atoms with Gasteiger partial charge < -0.3 is 8.98 Å². The Morgan fingerprint density at radius 1 is 0.529 bits per heavy atom. The normalized spacial score (nSPS) is 13.3. The van der Waals surface area contributed by atoms with E-state index >= 15 is 0 Å². The van der Waals surface area contributed by atoms with Crippen molar-refractivity contribution >= 4 is 75.3 Å². The zero-order chi connectivity index (χ0) is 37.8. The topological polar surface area (TPSA) is 56.7 Å². The van der Waals surface area contributed by atoms with E-state index in [0.29, 0.717) is 22.8 Å². The lowest BCUT2D eigenvalue weighted by Crippen LogP contribution is -2.00. The van der Waals surface area contributed by atoms with E-state index in [0.717, 1.165) is 58.8 Å². The molecule has 0 fully saturated rings. The van der Waals surface area contributed by atoms with E-state index in [-0.39, 0.29) is 23.5 Å². The van der Waals surface area contributed by atoms with E-state index in [9.17, 15) is 0 Å². The molecule has 0 atom stereocenters. The van der Waals surface area contributed by atoms with Crippen LogP contribution < -0.4 is 0 Å². The van der Waals surface area contributed by atoms with Crippen LogP contribution in [0.15, 0.2) is 162 Å². The highest BCUT2D eigenvalue weighted by atomic mass is 32.1. The van der Waals surface area contributed by atoms with Gasteiger partial charge in [-0.15, -0.1) is 11.3 Å². The van der Waals surface area contributed by atoms with Gasteiger partial charge in [0, 0.05) is 53.7 Å². The zero-order valence-corrected chi connectivity index (χ0v) is 27.5. The van der Waals surface area contributed by atoms with Gasteiger partial charge in [-0.2, -0.15) is 0 Å². The molecule has 5 nitrogen and oxygen atoms in total. The van der Waals surface area contributed by atoms with Crippen LogP contribution >= 0.6 is 11.3 Å². The Hall–Kier alpha value is -6.63. The standard InChI is InChI=1S/C45H26N4OS/c1-2-12-27(13-3-1)43-46-44(28-24-25-39-34(26-28)31-16-6-9-22-38(31)50-39)48-45(47-43)33-18-11-23-40-41(33)32-17-10-21-37(42(32)51-40)49-35-19-7-4-14-29(35)30-15-5-8-20-36(30)49/h1-26H/i1D,2D,3D,12D,13D. The van der Waals surface area contributed by atoms with Crippen LogP contribution in [0, 0.1) is 0 Å². The van der Waals surface area contributed by atoms with Crippen LogP contribution in [0.1, 0.15) is 6.85 Å². The summed E-state index contributed by atoms with van der Waals surface area (Å²) in [4.78, 5) is 14.8. The molecule has 0 N–H and O–H groups in total. The first kappa shape index (κ1) is 23.7. The van der Waals surface area contributed by atoms with E-state index in [1.807, 2.05) is 54.6 Å². The number of nitrogens with zero attached hydrogens (tertiary/aromatic N) is 4. The minimum atomic E-state index is -0.482. The number of furan rings is 1. The predicted octanol–water partition coefficient (Wildman–Crippen LogP) is 12.2. The number of fused-ring (bicyclic) bond motifs is 9. The maximum atomic E-state index is 8.84. The Morgan fingerprint density at radius 3 is 1.98 bits per heavy atom. The summed E-state index contributed by atoms with van der Waals surface area (Å²) in [6.45, 7) is 0. The average Bonchev–Trinajstić information content (AvgIpc) is 3.92. The van der Waals surface area contributed by atoms with Crippen LogP contribution in [0.25, 0.3) is 104 Å². The van der Waals surface area contributed by atoms with Gasteiger partial charge in [-0.3, -0.25) is 0 Å². The monoisotopic (exact) mass is 675 g/mol. The molecule has 6 heteroatoms. The Bertz CT molecular complexity index is 3380. The molecule has 0 amide bonds. The third-order valence-electron chi connectivity index (χ3n) is 9.56. The van der Waals surface area contributed by atoms with Crippen molar-refractivity contribution in [1.82, 2.24) is 19.5 Å². The van der Waals surface area contributed by atoms with Crippen molar-refractivity contribution in [3.8, 4) is 39.9 Å². The average molecular weight is 676 g/mol. The van der Waals surface area contributed by atoms with Gasteiger partial charge in [0.1, 0.15) is 11.2 Å². The first-order chi connectivity index (χ1) is 27.4. The number of para-hydroxylation sites is 3. The predicted molar refractivity (Wildman–Crippen MR) is 211 cm³/mol. The molecule has 0 bridgehead atoms. The minimum Gasteiger partial charge on any atom is -0.456 e. The van der Waals surface area contributed by atoms with Gasteiger partial charge in [-0.05, 0) is 48.5 Å². The Labute approximate surface area is 302 Å². The fourth-order valence-electron chi connectivity index (χ4n) is 7.34. The molecule has 238 valence electrons. The van der Waals surface area contributed by atoms with Crippen LogP contribution in [-0.4, -0.2) is 19.5 Å².